The van der Waals surface area contributed by atoms with E-state index in [0.29, 0.717) is 0 Å². The third-order valence-corrected chi connectivity index (χ3v) is 2.67. The molecule has 0 unspecified atom stereocenters. The topological polar surface area (TPSA) is 42.7 Å². The van der Waals surface area contributed by atoms with E-state index in [9.17, 15) is 0 Å². The Morgan fingerprint density at radius 2 is 2.43 bits per heavy atom. The van der Waals surface area contributed by atoms with E-state index in [4.69, 9.17) is 0 Å². The zero-order valence-electron chi connectivity index (χ0n) is 8.19. The molecule has 1 N–H and O–H groups in total. The first-order chi connectivity index (χ1) is 6.78. The normalized spacial score (nSPS) is 10.4. The molecule has 0 bridgehead atoms. The second-order valence-electron chi connectivity index (χ2n) is 3.00. The Kier molecular flexibility index (Phi) is 2.49. The van der Waals surface area contributed by atoms with Crippen molar-refractivity contribution in [3.63, 3.8) is 0 Å². The third kappa shape index (κ3) is 1.93. The number of anilines is 2. The monoisotopic (exact) mass is 208 g/mol. The summed E-state index contributed by atoms with van der Waals surface area (Å²) in [6.07, 6.45) is 2.87. The van der Waals surface area contributed by atoms with Crippen LogP contribution in [0.5, 0.6) is 0 Å². The van der Waals surface area contributed by atoms with Gasteiger partial charge in [0, 0.05) is 24.7 Å². The Labute approximate surface area is 86.6 Å². The number of aryl methyl sites for hydroxylation is 2. The fraction of sp³-hybridized carbons (Fsp3) is 0.333. The number of rotatable bonds is 3. The van der Waals surface area contributed by atoms with Crippen molar-refractivity contribution in [1.82, 2.24) is 14.8 Å². The average Bonchev–Trinajstić information content (AvgIpc) is 2.76. The van der Waals surface area contributed by atoms with Crippen molar-refractivity contribution in [1.29, 1.82) is 0 Å². The van der Waals surface area contributed by atoms with Crippen LogP contribution in [0.1, 0.15) is 12.6 Å². The number of hydrogen-bond donors (Lipinski definition) is 1. The van der Waals surface area contributed by atoms with Gasteiger partial charge in [0.05, 0.1) is 5.69 Å². The molecular formula is C9H12N4S. The summed E-state index contributed by atoms with van der Waals surface area (Å²) in [6, 6.07) is 1.92. The maximum Gasteiger partial charge on any atom is 0.188 e. The third-order valence-electron chi connectivity index (χ3n) is 1.86. The first-order valence-electron chi connectivity index (χ1n) is 4.49. The zero-order chi connectivity index (χ0) is 9.97. The molecule has 0 saturated heterocycles. The van der Waals surface area contributed by atoms with Gasteiger partial charge in [0.1, 0.15) is 0 Å². The van der Waals surface area contributed by atoms with Crippen molar-refractivity contribution >= 4 is 22.3 Å². The van der Waals surface area contributed by atoms with Gasteiger partial charge in [-0.15, -0.1) is 11.3 Å². The SMILES string of the molecule is CCc1csc(Nc2ccn(C)n2)n1. The first-order valence-corrected chi connectivity index (χ1v) is 5.37. The maximum atomic E-state index is 4.39. The van der Waals surface area contributed by atoms with E-state index < -0.39 is 0 Å². The van der Waals surface area contributed by atoms with Crippen molar-refractivity contribution in [2.45, 2.75) is 13.3 Å². The van der Waals surface area contributed by atoms with Crippen molar-refractivity contribution in [2.24, 2.45) is 7.05 Å². The van der Waals surface area contributed by atoms with Crippen LogP contribution in [-0.4, -0.2) is 14.8 Å². The summed E-state index contributed by atoms with van der Waals surface area (Å²) in [5, 5.41) is 10.3. The van der Waals surface area contributed by atoms with Crippen molar-refractivity contribution in [3.8, 4) is 0 Å². The molecule has 0 radical (unpaired) electrons. The van der Waals surface area contributed by atoms with Gasteiger partial charge in [-0.2, -0.15) is 5.10 Å². The van der Waals surface area contributed by atoms with E-state index >= 15 is 0 Å². The van der Waals surface area contributed by atoms with Crippen molar-refractivity contribution in [3.05, 3.63) is 23.3 Å². The number of aromatic nitrogens is 3. The van der Waals surface area contributed by atoms with Gasteiger partial charge in [0.15, 0.2) is 10.9 Å². The van der Waals surface area contributed by atoms with Crippen LogP contribution < -0.4 is 5.32 Å². The Hall–Kier alpha value is -1.36. The van der Waals surface area contributed by atoms with E-state index in [-0.39, 0.29) is 0 Å². The van der Waals surface area contributed by atoms with Crippen LogP contribution in [0.25, 0.3) is 0 Å². The largest absolute Gasteiger partial charge is 0.315 e. The van der Waals surface area contributed by atoms with Gasteiger partial charge >= 0.3 is 0 Å². The van der Waals surface area contributed by atoms with E-state index in [1.807, 2.05) is 19.3 Å². The second kappa shape index (κ2) is 3.79. The van der Waals surface area contributed by atoms with Crippen LogP contribution in [0.3, 0.4) is 0 Å². The highest BCUT2D eigenvalue weighted by Crippen LogP contribution is 2.19. The highest BCUT2D eigenvalue weighted by molar-refractivity contribution is 7.13. The van der Waals surface area contributed by atoms with Crippen LogP contribution >= 0.6 is 11.3 Å². The molecule has 0 aliphatic heterocycles. The second-order valence-corrected chi connectivity index (χ2v) is 3.86. The predicted octanol–water partition coefficient (Wildman–Crippen LogP) is 2.18. The standard InChI is InChI=1S/C9H12N4S/c1-3-7-6-14-9(10-7)11-8-4-5-13(2)12-8/h4-6H,3H2,1-2H3,(H,10,11,12). The highest BCUT2D eigenvalue weighted by Gasteiger charge is 2.01. The molecule has 2 aromatic heterocycles. The summed E-state index contributed by atoms with van der Waals surface area (Å²) in [4.78, 5) is 4.39. The van der Waals surface area contributed by atoms with E-state index in [0.717, 1.165) is 23.1 Å². The molecule has 0 fully saturated rings. The quantitative estimate of drug-likeness (QED) is 0.840. The average molecular weight is 208 g/mol. The highest BCUT2D eigenvalue weighted by atomic mass is 32.1. The van der Waals surface area contributed by atoms with Gasteiger partial charge in [-0.1, -0.05) is 6.92 Å². The first kappa shape index (κ1) is 9.21. The van der Waals surface area contributed by atoms with E-state index in [2.05, 4.69) is 27.7 Å². The minimum Gasteiger partial charge on any atom is -0.315 e. The molecule has 2 rings (SSSR count). The summed E-state index contributed by atoms with van der Waals surface area (Å²) in [7, 11) is 1.89. The molecule has 0 aliphatic carbocycles. The summed E-state index contributed by atoms with van der Waals surface area (Å²) >= 11 is 1.61. The van der Waals surface area contributed by atoms with E-state index in [1.165, 1.54) is 0 Å². The zero-order valence-corrected chi connectivity index (χ0v) is 9.01. The Bertz CT molecular complexity index is 418. The molecule has 74 valence electrons. The lowest BCUT2D eigenvalue weighted by molar-refractivity contribution is 0.771. The number of hydrogen-bond acceptors (Lipinski definition) is 4. The van der Waals surface area contributed by atoms with Crippen molar-refractivity contribution in [2.75, 3.05) is 5.32 Å². The lowest BCUT2D eigenvalue weighted by Crippen LogP contribution is -1.93. The van der Waals surface area contributed by atoms with Gasteiger partial charge in [-0.05, 0) is 6.42 Å². The maximum absolute atomic E-state index is 4.39. The molecule has 4 nitrogen and oxygen atoms in total. The lowest BCUT2D eigenvalue weighted by atomic mass is 10.4. The number of nitrogens with one attached hydrogen (secondary N) is 1. The van der Waals surface area contributed by atoms with Crippen molar-refractivity contribution < 1.29 is 0 Å². The minimum atomic E-state index is 0.838. The molecule has 0 atom stereocenters. The summed E-state index contributed by atoms with van der Waals surface area (Å²) in [5.41, 5.74) is 1.12. The number of nitrogens with zero attached hydrogens (tertiary/aromatic N) is 3. The van der Waals surface area contributed by atoms with Gasteiger partial charge in [0.2, 0.25) is 0 Å². The molecule has 0 amide bonds. The Morgan fingerprint density at radius 3 is 3.00 bits per heavy atom. The molecule has 14 heavy (non-hydrogen) atoms. The Morgan fingerprint density at radius 1 is 1.57 bits per heavy atom. The van der Waals surface area contributed by atoms with Gasteiger partial charge < -0.3 is 5.32 Å². The van der Waals surface area contributed by atoms with E-state index in [1.54, 1.807) is 16.0 Å². The number of thiazole rings is 1. The molecule has 0 aliphatic rings. The van der Waals surface area contributed by atoms with Crippen LogP contribution in [0.15, 0.2) is 17.6 Å². The van der Waals surface area contributed by atoms with Crippen LogP contribution in [0, 0.1) is 0 Å². The van der Waals surface area contributed by atoms with Crippen LogP contribution in [0.4, 0.5) is 10.9 Å². The lowest BCUT2D eigenvalue weighted by Gasteiger charge is -1.95. The fourth-order valence-electron chi connectivity index (χ4n) is 1.12. The summed E-state index contributed by atoms with van der Waals surface area (Å²) < 4.78 is 1.76. The van der Waals surface area contributed by atoms with Gasteiger partial charge in [-0.25, -0.2) is 4.98 Å². The molecule has 5 heteroatoms. The van der Waals surface area contributed by atoms with Gasteiger partial charge in [0.25, 0.3) is 0 Å². The molecule has 2 heterocycles. The predicted molar refractivity (Wildman–Crippen MR) is 58.0 cm³/mol. The smallest absolute Gasteiger partial charge is 0.188 e. The fourth-order valence-corrected chi connectivity index (χ4v) is 1.92. The minimum absolute atomic E-state index is 0.838. The molecule has 2 aromatic rings. The summed E-state index contributed by atoms with van der Waals surface area (Å²) in [5.74, 6) is 0.838. The summed E-state index contributed by atoms with van der Waals surface area (Å²) in [6.45, 7) is 2.10. The van der Waals surface area contributed by atoms with Gasteiger partial charge in [-0.3, -0.25) is 4.68 Å². The van der Waals surface area contributed by atoms with Crippen LogP contribution in [0.2, 0.25) is 0 Å². The molecular weight excluding hydrogens is 196 g/mol. The van der Waals surface area contributed by atoms with Crippen LogP contribution in [-0.2, 0) is 13.5 Å². The molecule has 0 aromatic carbocycles. The molecule has 0 saturated carbocycles. The Balaban J connectivity index is 2.10. The molecule has 0 spiro atoms.